The number of alkyl halides is 3. The number of aliphatic hydroxyl groups excluding tert-OH is 1. The number of aliphatic hydroxyl groups is 1. The van der Waals surface area contributed by atoms with E-state index in [1.807, 2.05) is 0 Å². The molecule has 272 valence electrons. The van der Waals surface area contributed by atoms with E-state index in [1.165, 1.54) is 21.0 Å². The maximum Gasteiger partial charge on any atom is 0.414 e. The third-order valence-corrected chi connectivity index (χ3v) is 10.6. The molecule has 10 nitrogen and oxygen atoms in total. The Hall–Kier alpha value is -3.36. The van der Waals surface area contributed by atoms with Gasteiger partial charge in [-0.3, -0.25) is 9.59 Å². The van der Waals surface area contributed by atoms with Gasteiger partial charge in [0, 0.05) is 30.3 Å². The van der Waals surface area contributed by atoms with Crippen LogP contribution in [0.5, 0.6) is 5.75 Å². The normalized spacial score (nSPS) is 18.9. The van der Waals surface area contributed by atoms with Crippen molar-refractivity contribution in [3.63, 3.8) is 0 Å². The van der Waals surface area contributed by atoms with Gasteiger partial charge in [0.05, 0.1) is 24.2 Å². The van der Waals surface area contributed by atoms with Crippen LogP contribution in [-0.2, 0) is 36.3 Å². The number of amides is 2. The van der Waals surface area contributed by atoms with Gasteiger partial charge in [-0.25, -0.2) is 13.2 Å². The number of hydrogen-bond donors (Lipinski definition) is 2. The fourth-order valence-electron chi connectivity index (χ4n) is 5.75. The Labute approximate surface area is 290 Å². The first-order valence-corrected chi connectivity index (χ1v) is 17.9. The molecule has 5 atom stereocenters. The molecule has 0 aliphatic carbocycles. The number of likely N-dealkylation sites (tertiary alicyclic amines) is 1. The largest absolute Gasteiger partial charge is 0.497 e. The Morgan fingerprint density at radius 3 is 2.22 bits per heavy atom. The fourth-order valence-corrected chi connectivity index (χ4v) is 7.72. The smallest absolute Gasteiger partial charge is 0.414 e. The van der Waals surface area contributed by atoms with Crippen LogP contribution in [-0.4, -0.2) is 85.1 Å². The van der Waals surface area contributed by atoms with Crippen molar-refractivity contribution in [2.24, 2.45) is 11.8 Å². The van der Waals surface area contributed by atoms with Crippen molar-refractivity contribution in [3.05, 3.63) is 64.7 Å². The van der Waals surface area contributed by atoms with E-state index >= 15 is 0 Å². The number of alkyl carbamates (subject to hydrolysis) is 1. The summed E-state index contributed by atoms with van der Waals surface area (Å²) in [6.07, 6.45) is -10.1. The molecule has 1 heterocycles. The number of halogens is 4. The number of benzene rings is 2. The number of nitrogens with zero attached hydrogens (tertiary/aromatic N) is 1. The lowest BCUT2D eigenvalue weighted by atomic mass is 9.84. The minimum atomic E-state index is -5.01. The van der Waals surface area contributed by atoms with Crippen LogP contribution in [0.2, 0.25) is 5.02 Å². The molecule has 0 unspecified atom stereocenters. The highest BCUT2D eigenvalue weighted by atomic mass is 35.5. The highest BCUT2D eigenvalue weighted by Gasteiger charge is 2.49. The van der Waals surface area contributed by atoms with Gasteiger partial charge in [0.15, 0.2) is 21.7 Å². The minimum absolute atomic E-state index is 0.124. The zero-order valence-electron chi connectivity index (χ0n) is 28.3. The summed E-state index contributed by atoms with van der Waals surface area (Å²) in [7, 11) is -2.57. The highest BCUT2D eigenvalue weighted by molar-refractivity contribution is 7.91. The van der Waals surface area contributed by atoms with Crippen molar-refractivity contribution in [2.45, 2.75) is 94.8 Å². The van der Waals surface area contributed by atoms with E-state index in [2.05, 4.69) is 5.32 Å². The number of hydrogen-bond acceptors (Lipinski definition) is 8. The van der Waals surface area contributed by atoms with Gasteiger partial charge in [-0.15, -0.1) is 0 Å². The Bertz CT molecular complexity index is 1580. The van der Waals surface area contributed by atoms with Crippen LogP contribution in [0, 0.1) is 11.8 Å². The van der Waals surface area contributed by atoms with Gasteiger partial charge in [-0.2, -0.15) is 13.2 Å². The summed E-state index contributed by atoms with van der Waals surface area (Å²) in [5, 5.41) is 11.7. The number of Topliss-reactive ketones (excluding diaryl/α,β-unsaturated/α-hetero) is 1. The average Bonchev–Trinajstić information content (AvgIpc) is 3.44. The third-order valence-electron chi connectivity index (χ3n) is 8.30. The molecule has 1 aliphatic heterocycles. The van der Waals surface area contributed by atoms with Crippen LogP contribution in [0.4, 0.5) is 18.0 Å². The number of methoxy groups -OCH3 is 1. The molecule has 0 bridgehead atoms. The predicted octanol–water partition coefficient (Wildman–Crippen LogP) is 5.52. The predicted molar refractivity (Wildman–Crippen MR) is 178 cm³/mol. The van der Waals surface area contributed by atoms with Gasteiger partial charge in [0.25, 0.3) is 0 Å². The van der Waals surface area contributed by atoms with Crippen LogP contribution < -0.4 is 10.1 Å². The van der Waals surface area contributed by atoms with Crippen LogP contribution in [0.15, 0.2) is 48.5 Å². The average molecular weight is 733 g/mol. The molecule has 0 saturated carbocycles. The van der Waals surface area contributed by atoms with E-state index in [1.54, 1.807) is 69.3 Å². The standard InChI is InChI=1S/C34H44ClF3N2O8S/c1-20(2)26(30(42)34(36,37)38)17-29(41)28-16-25(49(45,46)19-21-10-12-24(47-6)13-11-21)18-40(28)31(43)27(39-32(44)48-33(3,4)5)15-22-8-7-9-23(35)14-22/h7-14,20,25-28,30,42H,15-19H2,1-6H3,(H,39,44)/t25-,26+,27+,28+,30+/m1/s1. The van der Waals surface area contributed by atoms with Gasteiger partial charge >= 0.3 is 12.3 Å². The van der Waals surface area contributed by atoms with Gasteiger partial charge in [-0.1, -0.05) is 49.7 Å². The first-order chi connectivity index (χ1) is 22.6. The SMILES string of the molecule is COc1ccc(CS(=O)(=O)[C@@H]2C[C@@H](C(=O)C[C@@H](C(C)C)[C@H](O)C(F)(F)F)N(C(=O)[C@H](Cc3cccc(Cl)c3)NC(=O)OC(C)(C)C)C2)cc1. The Morgan fingerprint density at radius 1 is 1.06 bits per heavy atom. The van der Waals surface area contributed by atoms with Crippen molar-refractivity contribution in [3.8, 4) is 5.75 Å². The highest BCUT2D eigenvalue weighted by Crippen LogP contribution is 2.35. The Morgan fingerprint density at radius 2 is 1.69 bits per heavy atom. The number of carbonyl (C=O) groups is 3. The lowest BCUT2D eigenvalue weighted by molar-refractivity contribution is -0.224. The summed E-state index contributed by atoms with van der Waals surface area (Å²) in [5.74, 6) is -3.94. The van der Waals surface area contributed by atoms with E-state index in [4.69, 9.17) is 21.1 Å². The van der Waals surface area contributed by atoms with Gasteiger partial charge < -0.3 is 24.8 Å². The topological polar surface area (TPSA) is 139 Å². The molecule has 1 fully saturated rings. The monoisotopic (exact) mass is 732 g/mol. The van der Waals surface area contributed by atoms with Gasteiger partial charge in [-0.05, 0) is 68.5 Å². The van der Waals surface area contributed by atoms with Crippen molar-refractivity contribution in [1.82, 2.24) is 10.2 Å². The Balaban J connectivity index is 2.01. The van der Waals surface area contributed by atoms with E-state index in [9.17, 15) is 41.1 Å². The molecule has 0 radical (unpaired) electrons. The van der Waals surface area contributed by atoms with Crippen molar-refractivity contribution in [1.29, 1.82) is 0 Å². The summed E-state index contributed by atoms with van der Waals surface area (Å²) >= 11 is 6.15. The molecule has 3 rings (SSSR count). The van der Waals surface area contributed by atoms with E-state index in [0.717, 1.165) is 4.90 Å². The molecular weight excluding hydrogens is 689 g/mol. The zero-order valence-corrected chi connectivity index (χ0v) is 29.9. The molecule has 1 saturated heterocycles. The zero-order chi connectivity index (χ0) is 36.9. The van der Waals surface area contributed by atoms with E-state index < -0.39 is 93.4 Å². The quantitative estimate of drug-likeness (QED) is 0.275. The molecule has 49 heavy (non-hydrogen) atoms. The Kier molecular flexibility index (Phi) is 13.2. The van der Waals surface area contributed by atoms with E-state index in [-0.39, 0.29) is 12.8 Å². The minimum Gasteiger partial charge on any atom is -0.497 e. The number of sulfone groups is 1. The second-order valence-electron chi connectivity index (χ2n) is 13.6. The molecule has 2 aromatic carbocycles. The summed E-state index contributed by atoms with van der Waals surface area (Å²) in [4.78, 5) is 42.0. The number of rotatable bonds is 13. The summed E-state index contributed by atoms with van der Waals surface area (Å²) in [6, 6.07) is 9.95. The molecule has 0 spiro atoms. The van der Waals surface area contributed by atoms with Gasteiger partial charge in [0.1, 0.15) is 17.4 Å². The maximum atomic E-state index is 14.3. The second kappa shape index (κ2) is 16.1. The molecule has 2 aromatic rings. The molecular formula is C34H44ClF3N2O8S. The summed E-state index contributed by atoms with van der Waals surface area (Å²) in [6.45, 7) is 7.26. The first-order valence-electron chi connectivity index (χ1n) is 15.8. The van der Waals surface area contributed by atoms with Crippen molar-refractivity contribution >= 4 is 39.2 Å². The van der Waals surface area contributed by atoms with Crippen molar-refractivity contribution in [2.75, 3.05) is 13.7 Å². The lowest BCUT2D eigenvalue weighted by Crippen LogP contribution is -2.54. The molecule has 2 N–H and O–H groups in total. The number of carbonyl (C=O) groups excluding carboxylic acids is 3. The van der Waals surface area contributed by atoms with Gasteiger partial charge in [0.2, 0.25) is 5.91 Å². The number of ketones is 1. The molecule has 15 heteroatoms. The van der Waals surface area contributed by atoms with Crippen LogP contribution >= 0.6 is 11.6 Å². The first kappa shape index (κ1) is 40.1. The fraction of sp³-hybridized carbons (Fsp3) is 0.559. The number of ether oxygens (including phenoxy) is 2. The van der Waals surface area contributed by atoms with Crippen molar-refractivity contribution < 1.29 is 50.6 Å². The molecule has 1 aliphatic rings. The van der Waals surface area contributed by atoms with E-state index in [0.29, 0.717) is 21.9 Å². The van der Waals surface area contributed by atoms with Crippen LogP contribution in [0.25, 0.3) is 0 Å². The summed E-state index contributed by atoms with van der Waals surface area (Å²) < 4.78 is 78.6. The summed E-state index contributed by atoms with van der Waals surface area (Å²) in [5.41, 5.74) is 0.0129. The lowest BCUT2D eigenvalue weighted by Gasteiger charge is -2.32. The van der Waals surface area contributed by atoms with Crippen LogP contribution in [0.1, 0.15) is 58.6 Å². The molecule has 2 amide bonds. The molecule has 0 aromatic heterocycles. The van der Waals surface area contributed by atoms with Crippen LogP contribution in [0.3, 0.4) is 0 Å². The third kappa shape index (κ3) is 11.3. The maximum absolute atomic E-state index is 14.3. The second-order valence-corrected chi connectivity index (χ2v) is 16.3. The number of nitrogens with one attached hydrogen (secondary N) is 1.